The molecule has 0 atom stereocenters. The standard InChI is InChI=1S/C13H9ClO2/c14-12-5-4-11(7-13(12)16)10-3-1-2-9(6-10)8-15/h1-8,16H. The van der Waals surface area contributed by atoms with Crippen LogP contribution in [0.15, 0.2) is 42.5 Å². The number of benzene rings is 2. The van der Waals surface area contributed by atoms with Crippen LogP contribution in [0, 0.1) is 0 Å². The maximum atomic E-state index is 10.6. The highest BCUT2D eigenvalue weighted by atomic mass is 35.5. The smallest absolute Gasteiger partial charge is 0.150 e. The lowest BCUT2D eigenvalue weighted by molar-refractivity contribution is 0.112. The lowest BCUT2D eigenvalue weighted by Gasteiger charge is -2.04. The van der Waals surface area contributed by atoms with Gasteiger partial charge in [0, 0.05) is 5.56 Å². The zero-order valence-corrected chi connectivity index (χ0v) is 9.11. The molecule has 0 amide bonds. The maximum Gasteiger partial charge on any atom is 0.150 e. The molecule has 0 aliphatic rings. The monoisotopic (exact) mass is 232 g/mol. The molecule has 0 aliphatic carbocycles. The van der Waals surface area contributed by atoms with Crippen molar-refractivity contribution in [1.29, 1.82) is 0 Å². The Morgan fingerprint density at radius 3 is 2.50 bits per heavy atom. The van der Waals surface area contributed by atoms with Gasteiger partial charge in [-0.15, -0.1) is 0 Å². The molecule has 1 N–H and O–H groups in total. The molecule has 0 saturated carbocycles. The molecule has 0 unspecified atom stereocenters. The first-order valence-corrected chi connectivity index (χ1v) is 5.12. The summed E-state index contributed by atoms with van der Waals surface area (Å²) < 4.78 is 0. The van der Waals surface area contributed by atoms with E-state index in [0.29, 0.717) is 10.6 Å². The largest absolute Gasteiger partial charge is 0.506 e. The number of hydrogen-bond acceptors (Lipinski definition) is 2. The van der Waals surface area contributed by atoms with Gasteiger partial charge >= 0.3 is 0 Å². The Kier molecular flexibility index (Phi) is 2.93. The second kappa shape index (κ2) is 4.37. The van der Waals surface area contributed by atoms with E-state index in [1.165, 1.54) is 0 Å². The molecule has 0 aliphatic heterocycles. The molecule has 80 valence electrons. The number of aldehydes is 1. The predicted octanol–water partition coefficient (Wildman–Crippen LogP) is 3.53. The number of halogens is 1. The summed E-state index contributed by atoms with van der Waals surface area (Å²) in [6, 6.07) is 12.2. The normalized spacial score (nSPS) is 10.1. The van der Waals surface area contributed by atoms with Crippen molar-refractivity contribution >= 4 is 17.9 Å². The summed E-state index contributed by atoms with van der Waals surface area (Å²) in [6.45, 7) is 0. The van der Waals surface area contributed by atoms with Crippen molar-refractivity contribution in [1.82, 2.24) is 0 Å². The van der Waals surface area contributed by atoms with E-state index in [1.807, 2.05) is 6.07 Å². The number of rotatable bonds is 2. The molecule has 2 aromatic rings. The number of phenols is 1. The van der Waals surface area contributed by atoms with Gasteiger partial charge in [-0.25, -0.2) is 0 Å². The van der Waals surface area contributed by atoms with Crippen LogP contribution in [0.5, 0.6) is 5.75 Å². The minimum atomic E-state index is 0.0377. The lowest BCUT2D eigenvalue weighted by Crippen LogP contribution is -1.82. The van der Waals surface area contributed by atoms with E-state index >= 15 is 0 Å². The molecule has 2 nitrogen and oxygen atoms in total. The van der Waals surface area contributed by atoms with Crippen molar-refractivity contribution < 1.29 is 9.90 Å². The highest BCUT2D eigenvalue weighted by molar-refractivity contribution is 6.32. The molecule has 0 bridgehead atoms. The number of carbonyl (C=O) groups excluding carboxylic acids is 1. The second-order valence-corrected chi connectivity index (χ2v) is 3.82. The van der Waals surface area contributed by atoms with Gasteiger partial charge in [0.1, 0.15) is 12.0 Å². The predicted molar refractivity (Wildman–Crippen MR) is 63.9 cm³/mol. The van der Waals surface area contributed by atoms with Crippen molar-refractivity contribution in [2.75, 3.05) is 0 Å². The minimum Gasteiger partial charge on any atom is -0.506 e. The first kappa shape index (κ1) is 10.7. The van der Waals surface area contributed by atoms with Crippen molar-refractivity contribution in [3.05, 3.63) is 53.1 Å². The van der Waals surface area contributed by atoms with Crippen molar-refractivity contribution in [2.24, 2.45) is 0 Å². The van der Waals surface area contributed by atoms with Gasteiger partial charge in [0.05, 0.1) is 5.02 Å². The molecule has 2 aromatic carbocycles. The van der Waals surface area contributed by atoms with Gasteiger partial charge in [0.2, 0.25) is 0 Å². The fourth-order valence-corrected chi connectivity index (χ4v) is 1.60. The average Bonchev–Trinajstić information content (AvgIpc) is 2.33. The van der Waals surface area contributed by atoms with E-state index in [0.717, 1.165) is 17.4 Å². The molecule has 3 heteroatoms. The zero-order chi connectivity index (χ0) is 11.5. The maximum absolute atomic E-state index is 10.6. The van der Waals surface area contributed by atoms with Crippen LogP contribution in [0.4, 0.5) is 0 Å². The van der Waals surface area contributed by atoms with E-state index in [-0.39, 0.29) is 5.75 Å². The Bertz CT molecular complexity index is 535. The van der Waals surface area contributed by atoms with Gasteiger partial charge in [-0.2, -0.15) is 0 Å². The Morgan fingerprint density at radius 2 is 1.81 bits per heavy atom. The summed E-state index contributed by atoms with van der Waals surface area (Å²) in [5, 5.41) is 9.80. The summed E-state index contributed by atoms with van der Waals surface area (Å²) in [6.07, 6.45) is 0.791. The summed E-state index contributed by atoms with van der Waals surface area (Å²) in [7, 11) is 0. The second-order valence-electron chi connectivity index (χ2n) is 3.41. The third-order valence-electron chi connectivity index (χ3n) is 2.30. The topological polar surface area (TPSA) is 37.3 Å². The number of carbonyl (C=O) groups is 1. The average molecular weight is 233 g/mol. The van der Waals surface area contributed by atoms with E-state index in [4.69, 9.17) is 11.6 Å². The molecule has 0 heterocycles. The summed E-state index contributed by atoms with van der Waals surface area (Å²) in [5.74, 6) is 0.0377. The van der Waals surface area contributed by atoms with Crippen LogP contribution in [-0.4, -0.2) is 11.4 Å². The zero-order valence-electron chi connectivity index (χ0n) is 8.35. The summed E-state index contributed by atoms with van der Waals surface area (Å²) in [4.78, 5) is 10.6. The fourth-order valence-electron chi connectivity index (χ4n) is 1.48. The Balaban J connectivity index is 2.49. The van der Waals surface area contributed by atoms with E-state index in [9.17, 15) is 9.90 Å². The van der Waals surface area contributed by atoms with E-state index in [1.54, 1.807) is 36.4 Å². The molecular formula is C13H9ClO2. The van der Waals surface area contributed by atoms with Crippen LogP contribution in [0.2, 0.25) is 5.02 Å². The molecule has 0 radical (unpaired) electrons. The molecule has 0 saturated heterocycles. The fraction of sp³-hybridized carbons (Fsp3) is 0. The van der Waals surface area contributed by atoms with Crippen molar-refractivity contribution in [2.45, 2.75) is 0 Å². The molecular weight excluding hydrogens is 224 g/mol. The van der Waals surface area contributed by atoms with Crippen LogP contribution in [-0.2, 0) is 0 Å². The summed E-state index contributed by atoms with van der Waals surface area (Å²) >= 11 is 5.72. The van der Waals surface area contributed by atoms with Gasteiger partial charge in [-0.05, 0) is 29.3 Å². The number of aromatic hydroxyl groups is 1. The SMILES string of the molecule is O=Cc1cccc(-c2ccc(Cl)c(O)c2)c1. The molecule has 0 spiro atoms. The van der Waals surface area contributed by atoms with Crippen LogP contribution >= 0.6 is 11.6 Å². The Labute approximate surface area is 98.1 Å². The molecule has 2 rings (SSSR count). The first-order valence-electron chi connectivity index (χ1n) is 4.75. The van der Waals surface area contributed by atoms with Gasteiger partial charge in [-0.3, -0.25) is 4.79 Å². The van der Waals surface area contributed by atoms with Crippen molar-refractivity contribution in [3.8, 4) is 16.9 Å². The third-order valence-corrected chi connectivity index (χ3v) is 2.62. The van der Waals surface area contributed by atoms with Crippen LogP contribution < -0.4 is 0 Å². The first-order chi connectivity index (χ1) is 7.70. The van der Waals surface area contributed by atoms with Gasteiger partial charge in [0.15, 0.2) is 0 Å². The van der Waals surface area contributed by atoms with Gasteiger partial charge in [-0.1, -0.05) is 35.9 Å². The van der Waals surface area contributed by atoms with Crippen LogP contribution in [0.25, 0.3) is 11.1 Å². The third kappa shape index (κ3) is 2.07. The Hall–Kier alpha value is -1.80. The highest BCUT2D eigenvalue weighted by Crippen LogP contribution is 2.29. The molecule has 0 aromatic heterocycles. The van der Waals surface area contributed by atoms with E-state index in [2.05, 4.69) is 0 Å². The van der Waals surface area contributed by atoms with Gasteiger partial charge in [0.25, 0.3) is 0 Å². The van der Waals surface area contributed by atoms with Crippen molar-refractivity contribution in [3.63, 3.8) is 0 Å². The lowest BCUT2D eigenvalue weighted by atomic mass is 10.0. The minimum absolute atomic E-state index is 0.0377. The van der Waals surface area contributed by atoms with E-state index < -0.39 is 0 Å². The highest BCUT2D eigenvalue weighted by Gasteiger charge is 2.03. The van der Waals surface area contributed by atoms with Gasteiger partial charge < -0.3 is 5.11 Å². The van der Waals surface area contributed by atoms with Crippen LogP contribution in [0.1, 0.15) is 10.4 Å². The summed E-state index contributed by atoms with van der Waals surface area (Å²) in [5.41, 5.74) is 2.30. The number of hydrogen-bond donors (Lipinski definition) is 1. The van der Waals surface area contributed by atoms with Crippen LogP contribution in [0.3, 0.4) is 0 Å². The number of phenolic OH excluding ortho intramolecular Hbond substituents is 1. The molecule has 16 heavy (non-hydrogen) atoms. The Morgan fingerprint density at radius 1 is 1.06 bits per heavy atom. The molecule has 0 fully saturated rings. The quantitative estimate of drug-likeness (QED) is 0.805.